The van der Waals surface area contributed by atoms with Crippen LogP contribution in [0.2, 0.25) is 0 Å². The van der Waals surface area contributed by atoms with Gasteiger partial charge in [0.05, 0.1) is 5.69 Å². The number of rotatable bonds is 5. The van der Waals surface area contributed by atoms with E-state index in [1.807, 2.05) is 43.3 Å². The molecule has 3 heterocycles. The second kappa shape index (κ2) is 7.69. The summed E-state index contributed by atoms with van der Waals surface area (Å²) in [5.74, 6) is -0.0337. The van der Waals surface area contributed by atoms with Crippen LogP contribution < -0.4 is 4.90 Å². The van der Waals surface area contributed by atoms with Crippen molar-refractivity contribution in [1.29, 1.82) is 0 Å². The third-order valence-electron chi connectivity index (χ3n) is 5.33. The summed E-state index contributed by atoms with van der Waals surface area (Å²) in [7, 11) is 0. The van der Waals surface area contributed by atoms with Gasteiger partial charge in [-0.05, 0) is 48.4 Å². The lowest BCUT2D eigenvalue weighted by Crippen LogP contribution is -2.39. The highest BCUT2D eigenvalue weighted by Gasteiger charge is 2.55. The Kier molecular flexibility index (Phi) is 4.85. The second-order valence-corrected chi connectivity index (χ2v) is 8.16. The first-order valence-corrected chi connectivity index (χ1v) is 10.6. The average molecular weight is 481 g/mol. The van der Waals surface area contributed by atoms with Gasteiger partial charge < -0.3 is 4.52 Å². The van der Waals surface area contributed by atoms with Crippen LogP contribution in [0.3, 0.4) is 0 Å². The first kappa shape index (κ1) is 19.6. The Morgan fingerprint density at radius 1 is 1.03 bits per heavy atom. The molecule has 2 aromatic carbocycles. The SMILES string of the molecule is CCc1ccc(N2C(=O)[C@H]3N=NN(Cc4nc(-c5ccc(Br)cc5)no4)[C@H]3C2=O)cc1. The molecule has 2 amide bonds. The number of hydrogen-bond donors (Lipinski definition) is 0. The molecule has 156 valence electrons. The Labute approximate surface area is 185 Å². The first-order chi connectivity index (χ1) is 15.0. The fourth-order valence-electron chi connectivity index (χ4n) is 3.66. The van der Waals surface area contributed by atoms with E-state index in [0.717, 1.165) is 22.0 Å². The molecular formula is C21H17BrN6O3. The maximum absolute atomic E-state index is 13.1. The number of nitrogens with zero attached hydrogens (tertiary/aromatic N) is 6. The van der Waals surface area contributed by atoms with E-state index in [0.29, 0.717) is 11.5 Å². The van der Waals surface area contributed by atoms with Crippen LogP contribution in [0.5, 0.6) is 0 Å². The van der Waals surface area contributed by atoms with E-state index in [9.17, 15) is 9.59 Å². The maximum atomic E-state index is 13.1. The molecule has 0 N–H and O–H groups in total. The highest BCUT2D eigenvalue weighted by molar-refractivity contribution is 9.10. The molecule has 0 bridgehead atoms. The molecule has 0 aliphatic carbocycles. The Hall–Kier alpha value is -3.40. The predicted molar refractivity (Wildman–Crippen MR) is 114 cm³/mol. The Balaban J connectivity index is 1.34. The lowest BCUT2D eigenvalue weighted by Gasteiger charge is -2.19. The van der Waals surface area contributed by atoms with E-state index in [1.54, 1.807) is 12.1 Å². The predicted octanol–water partition coefficient (Wildman–Crippen LogP) is 3.55. The molecular weight excluding hydrogens is 464 g/mol. The van der Waals surface area contributed by atoms with Crippen LogP contribution >= 0.6 is 15.9 Å². The minimum atomic E-state index is -0.868. The molecule has 0 spiro atoms. The zero-order valence-corrected chi connectivity index (χ0v) is 18.1. The molecule has 3 aromatic rings. The van der Waals surface area contributed by atoms with Crippen molar-refractivity contribution in [2.45, 2.75) is 32.0 Å². The van der Waals surface area contributed by atoms with Gasteiger partial charge in [0.25, 0.3) is 11.8 Å². The number of anilines is 1. The van der Waals surface area contributed by atoms with Gasteiger partial charge in [0.1, 0.15) is 6.54 Å². The number of halogens is 1. The molecule has 2 aliphatic heterocycles. The second-order valence-electron chi connectivity index (χ2n) is 7.24. The number of benzene rings is 2. The smallest absolute Gasteiger partial charge is 0.263 e. The molecule has 10 heteroatoms. The van der Waals surface area contributed by atoms with Crippen LogP contribution in [0.4, 0.5) is 5.69 Å². The lowest BCUT2D eigenvalue weighted by molar-refractivity contribution is -0.123. The van der Waals surface area contributed by atoms with Crippen molar-refractivity contribution in [3.8, 4) is 11.4 Å². The van der Waals surface area contributed by atoms with Gasteiger partial charge in [0.2, 0.25) is 11.7 Å². The molecule has 0 saturated carbocycles. The minimum absolute atomic E-state index is 0.0792. The van der Waals surface area contributed by atoms with Crippen LogP contribution in [0, 0.1) is 0 Å². The fraction of sp³-hybridized carbons (Fsp3) is 0.238. The topological polar surface area (TPSA) is 104 Å². The van der Waals surface area contributed by atoms with Gasteiger partial charge in [-0.25, -0.2) is 4.90 Å². The monoisotopic (exact) mass is 480 g/mol. The number of aryl methyl sites for hydroxylation is 1. The molecule has 2 aliphatic rings. The van der Waals surface area contributed by atoms with Crippen molar-refractivity contribution in [2.24, 2.45) is 10.3 Å². The molecule has 1 fully saturated rings. The van der Waals surface area contributed by atoms with E-state index in [1.165, 1.54) is 9.91 Å². The van der Waals surface area contributed by atoms with Gasteiger partial charge in [-0.15, -0.1) is 0 Å². The van der Waals surface area contributed by atoms with Gasteiger partial charge >= 0.3 is 0 Å². The van der Waals surface area contributed by atoms with Crippen molar-refractivity contribution >= 4 is 33.4 Å². The molecule has 31 heavy (non-hydrogen) atoms. The Morgan fingerprint density at radius 2 is 1.77 bits per heavy atom. The lowest BCUT2D eigenvalue weighted by atomic mass is 10.1. The number of carbonyl (C=O) groups excluding carboxylic acids is 2. The largest absolute Gasteiger partial charge is 0.337 e. The summed E-state index contributed by atoms with van der Waals surface area (Å²) in [6.07, 6.45) is 0.877. The molecule has 5 rings (SSSR count). The summed E-state index contributed by atoms with van der Waals surface area (Å²) >= 11 is 3.39. The number of hydrogen-bond acceptors (Lipinski definition) is 8. The number of amides is 2. The summed E-state index contributed by atoms with van der Waals surface area (Å²) < 4.78 is 6.28. The average Bonchev–Trinajstić information content (AvgIpc) is 3.47. The minimum Gasteiger partial charge on any atom is -0.337 e. The Morgan fingerprint density at radius 3 is 2.48 bits per heavy atom. The van der Waals surface area contributed by atoms with Crippen molar-refractivity contribution in [1.82, 2.24) is 15.1 Å². The highest BCUT2D eigenvalue weighted by Crippen LogP contribution is 2.33. The number of aromatic nitrogens is 2. The highest BCUT2D eigenvalue weighted by atomic mass is 79.9. The normalized spacial score (nSPS) is 20.1. The van der Waals surface area contributed by atoms with Gasteiger partial charge in [-0.2, -0.15) is 10.1 Å². The van der Waals surface area contributed by atoms with Crippen LogP contribution in [0.25, 0.3) is 11.4 Å². The standard InChI is InChI=1S/C21H17BrN6O3/c1-2-12-3-9-15(10-4-12)28-20(29)17-18(21(28)30)27(26-24-17)11-16-23-19(25-31-16)13-5-7-14(22)8-6-13/h3-10,17-18H,2,11H2,1H3/t17-,18+/m0/s1. The molecule has 2 atom stereocenters. The summed E-state index contributed by atoms with van der Waals surface area (Å²) in [6.45, 7) is 2.12. The van der Waals surface area contributed by atoms with Crippen molar-refractivity contribution < 1.29 is 14.1 Å². The van der Waals surface area contributed by atoms with E-state index >= 15 is 0 Å². The van der Waals surface area contributed by atoms with Crippen molar-refractivity contribution in [2.75, 3.05) is 4.90 Å². The van der Waals surface area contributed by atoms with Gasteiger partial charge in [0.15, 0.2) is 12.1 Å². The van der Waals surface area contributed by atoms with Gasteiger partial charge in [-0.1, -0.05) is 45.4 Å². The molecule has 1 saturated heterocycles. The first-order valence-electron chi connectivity index (χ1n) is 9.78. The van der Waals surface area contributed by atoms with Gasteiger partial charge in [-0.3, -0.25) is 14.6 Å². The van der Waals surface area contributed by atoms with Crippen molar-refractivity contribution in [3.05, 3.63) is 64.5 Å². The van der Waals surface area contributed by atoms with Crippen LogP contribution in [-0.2, 0) is 22.6 Å². The summed E-state index contributed by atoms with van der Waals surface area (Å²) in [5.41, 5.74) is 2.46. The third kappa shape index (κ3) is 3.42. The van der Waals surface area contributed by atoms with Crippen molar-refractivity contribution in [3.63, 3.8) is 0 Å². The Bertz CT molecular complexity index is 1170. The van der Waals surface area contributed by atoms with Crippen LogP contribution in [0.1, 0.15) is 18.4 Å². The molecule has 1 aromatic heterocycles. The number of fused-ring (bicyclic) bond motifs is 1. The molecule has 9 nitrogen and oxygen atoms in total. The third-order valence-corrected chi connectivity index (χ3v) is 5.86. The maximum Gasteiger partial charge on any atom is 0.263 e. The van der Waals surface area contributed by atoms with E-state index < -0.39 is 12.1 Å². The summed E-state index contributed by atoms with van der Waals surface area (Å²) in [5, 5.41) is 13.5. The zero-order valence-electron chi connectivity index (χ0n) is 16.5. The van der Waals surface area contributed by atoms with E-state index in [-0.39, 0.29) is 24.2 Å². The van der Waals surface area contributed by atoms with E-state index in [4.69, 9.17) is 4.52 Å². The molecule has 0 radical (unpaired) electrons. The molecule has 0 unspecified atom stereocenters. The van der Waals surface area contributed by atoms with Crippen LogP contribution in [0.15, 0.2) is 67.9 Å². The quantitative estimate of drug-likeness (QED) is 0.517. The summed E-state index contributed by atoms with van der Waals surface area (Å²) in [4.78, 5) is 31.5. The van der Waals surface area contributed by atoms with Gasteiger partial charge in [0, 0.05) is 10.0 Å². The van der Waals surface area contributed by atoms with E-state index in [2.05, 4.69) is 36.4 Å². The number of carbonyl (C=O) groups is 2. The summed E-state index contributed by atoms with van der Waals surface area (Å²) in [6, 6.07) is 13.2. The van der Waals surface area contributed by atoms with Crippen LogP contribution in [-0.4, -0.2) is 39.0 Å². The number of imide groups is 1. The fourth-order valence-corrected chi connectivity index (χ4v) is 3.93. The zero-order chi connectivity index (χ0) is 21.5.